The summed E-state index contributed by atoms with van der Waals surface area (Å²) < 4.78 is 7.34. The molecule has 0 saturated heterocycles. The van der Waals surface area contributed by atoms with E-state index in [-0.39, 0.29) is 24.7 Å². The Morgan fingerprint density at radius 1 is 1.18 bits per heavy atom. The number of aliphatic carboxylic acids is 1. The molecule has 8 heteroatoms. The number of hydrogen-bond donors (Lipinski definition) is 2. The van der Waals surface area contributed by atoms with E-state index in [1.807, 2.05) is 26.8 Å². The van der Waals surface area contributed by atoms with Crippen molar-refractivity contribution in [2.75, 3.05) is 0 Å². The molecule has 38 heavy (non-hydrogen) atoms. The first-order valence-electron chi connectivity index (χ1n) is 13.9. The predicted octanol–water partition coefficient (Wildman–Crippen LogP) is 5.49. The molecule has 1 amide bonds. The minimum absolute atomic E-state index is 0.131. The Hall–Kier alpha value is -3.13. The van der Waals surface area contributed by atoms with E-state index in [2.05, 4.69) is 52.6 Å². The minimum Gasteiger partial charge on any atom is -0.480 e. The Morgan fingerprint density at radius 2 is 1.89 bits per heavy atom. The van der Waals surface area contributed by atoms with Gasteiger partial charge in [-0.3, -0.25) is 9.48 Å². The highest BCUT2D eigenvalue weighted by Crippen LogP contribution is 2.46. The van der Waals surface area contributed by atoms with Gasteiger partial charge < -0.3 is 20.1 Å². The second-order valence-electron chi connectivity index (χ2n) is 11.6. The molecule has 2 saturated carbocycles. The van der Waals surface area contributed by atoms with Crippen molar-refractivity contribution in [1.29, 1.82) is 0 Å². The summed E-state index contributed by atoms with van der Waals surface area (Å²) in [6.45, 7) is 8.51. The maximum absolute atomic E-state index is 13.4. The highest BCUT2D eigenvalue weighted by Gasteiger charge is 2.49. The summed E-state index contributed by atoms with van der Waals surface area (Å²) in [4.78, 5) is 26.4. The lowest BCUT2D eigenvalue weighted by molar-refractivity contribution is -0.137. The van der Waals surface area contributed by atoms with Crippen LogP contribution in [0.25, 0.3) is 6.08 Å². The molecule has 0 radical (unpaired) electrons. The van der Waals surface area contributed by atoms with Crippen LogP contribution in [0, 0.1) is 5.92 Å². The molecule has 0 bridgehead atoms. The number of amides is 1. The number of benzene rings is 1. The largest absolute Gasteiger partial charge is 0.480 e. The van der Waals surface area contributed by atoms with Crippen LogP contribution < -0.4 is 5.32 Å². The lowest BCUT2D eigenvalue weighted by atomic mass is 9.89. The third kappa shape index (κ3) is 7.69. The normalized spacial score (nSPS) is 23.6. The summed E-state index contributed by atoms with van der Waals surface area (Å²) in [5, 5.41) is 16.6. The van der Waals surface area contributed by atoms with Gasteiger partial charge in [0.15, 0.2) is 0 Å². The molecular formula is C30H42N4O4. The smallest absolute Gasteiger partial charge is 0.410 e. The molecule has 2 aromatic rings. The monoisotopic (exact) mass is 522 g/mol. The Labute approximate surface area is 226 Å². The van der Waals surface area contributed by atoms with E-state index in [4.69, 9.17) is 9.84 Å². The number of ether oxygens (including phenoxy) is 1. The van der Waals surface area contributed by atoms with Crippen LogP contribution in [0.15, 0.2) is 48.3 Å². The Kier molecular flexibility index (Phi) is 8.92. The number of nitrogens with one attached hydrogen (secondary N) is 1. The van der Waals surface area contributed by atoms with Crippen LogP contribution in [0.4, 0.5) is 4.79 Å². The lowest BCUT2D eigenvalue weighted by Gasteiger charge is -2.38. The van der Waals surface area contributed by atoms with Gasteiger partial charge in [-0.1, -0.05) is 48.9 Å². The highest BCUT2D eigenvalue weighted by molar-refractivity contribution is 5.70. The van der Waals surface area contributed by atoms with Gasteiger partial charge in [-0.15, -0.1) is 0 Å². The molecule has 8 nitrogen and oxygen atoms in total. The number of nitrogens with zero attached hydrogens (tertiary/aromatic N) is 3. The molecule has 1 heterocycles. The first kappa shape index (κ1) is 27.9. The number of aromatic nitrogens is 2. The van der Waals surface area contributed by atoms with Gasteiger partial charge in [-0.25, -0.2) is 4.79 Å². The summed E-state index contributed by atoms with van der Waals surface area (Å²) >= 11 is 0. The molecule has 1 aromatic heterocycles. The van der Waals surface area contributed by atoms with E-state index in [1.54, 1.807) is 12.4 Å². The summed E-state index contributed by atoms with van der Waals surface area (Å²) in [6.07, 6.45) is 11.4. The van der Waals surface area contributed by atoms with E-state index >= 15 is 0 Å². The van der Waals surface area contributed by atoms with Crippen molar-refractivity contribution in [1.82, 2.24) is 20.0 Å². The van der Waals surface area contributed by atoms with Crippen LogP contribution in [0.2, 0.25) is 0 Å². The summed E-state index contributed by atoms with van der Waals surface area (Å²) in [6, 6.07) is 11.1. The zero-order chi connectivity index (χ0) is 27.3. The van der Waals surface area contributed by atoms with E-state index in [0.29, 0.717) is 18.5 Å². The zero-order valence-electron chi connectivity index (χ0n) is 23.1. The van der Waals surface area contributed by atoms with Crippen molar-refractivity contribution in [2.24, 2.45) is 5.92 Å². The van der Waals surface area contributed by atoms with Crippen LogP contribution in [-0.2, 0) is 22.6 Å². The first-order valence-corrected chi connectivity index (χ1v) is 13.9. The third-order valence-corrected chi connectivity index (χ3v) is 7.42. The Morgan fingerprint density at radius 3 is 2.53 bits per heavy atom. The molecule has 2 atom stereocenters. The molecule has 2 aliphatic rings. The number of carboxylic acid groups (broad SMARTS) is 1. The number of carbonyl (C=O) groups excluding carboxylic acids is 1. The molecule has 0 aliphatic heterocycles. The second kappa shape index (κ2) is 12.2. The fraction of sp³-hybridized carbons (Fsp3) is 0.567. The summed E-state index contributed by atoms with van der Waals surface area (Å²) in [5.41, 5.74) is 3.05. The third-order valence-electron chi connectivity index (χ3n) is 7.42. The number of carboxylic acids is 1. The summed E-state index contributed by atoms with van der Waals surface area (Å²) in [7, 11) is 0. The van der Waals surface area contributed by atoms with Crippen LogP contribution in [0.1, 0.15) is 77.3 Å². The van der Waals surface area contributed by atoms with Gasteiger partial charge in [-0.2, -0.15) is 5.10 Å². The summed E-state index contributed by atoms with van der Waals surface area (Å²) in [5.74, 6) is -0.522. The molecule has 1 aromatic carbocycles. The fourth-order valence-electron chi connectivity index (χ4n) is 5.54. The van der Waals surface area contributed by atoms with Crippen molar-refractivity contribution >= 4 is 18.1 Å². The number of hydrogen-bond acceptors (Lipinski definition) is 5. The van der Waals surface area contributed by atoms with Crippen molar-refractivity contribution in [2.45, 2.75) is 103 Å². The Bertz CT molecular complexity index is 1110. The predicted molar refractivity (Wildman–Crippen MR) is 147 cm³/mol. The average Bonchev–Trinajstić information content (AvgIpc) is 3.50. The van der Waals surface area contributed by atoms with Gasteiger partial charge in [0.25, 0.3) is 0 Å². The molecule has 2 aliphatic carbocycles. The molecule has 4 rings (SSSR count). The van der Waals surface area contributed by atoms with Crippen molar-refractivity contribution < 1.29 is 19.4 Å². The van der Waals surface area contributed by atoms with Crippen molar-refractivity contribution in [3.8, 4) is 0 Å². The van der Waals surface area contributed by atoms with Gasteiger partial charge in [0, 0.05) is 42.3 Å². The van der Waals surface area contributed by atoms with Gasteiger partial charge in [0.1, 0.15) is 12.1 Å². The van der Waals surface area contributed by atoms with Crippen molar-refractivity contribution in [3.05, 3.63) is 59.4 Å². The van der Waals surface area contributed by atoms with Gasteiger partial charge >= 0.3 is 12.1 Å². The highest BCUT2D eigenvalue weighted by atomic mass is 16.6. The molecule has 206 valence electrons. The lowest BCUT2D eigenvalue weighted by Crippen LogP contribution is -2.48. The van der Waals surface area contributed by atoms with Crippen molar-refractivity contribution in [3.63, 3.8) is 0 Å². The van der Waals surface area contributed by atoms with Crippen LogP contribution in [0.5, 0.6) is 0 Å². The first-order chi connectivity index (χ1) is 18.1. The molecule has 2 N–H and O–H groups in total. The zero-order valence-corrected chi connectivity index (χ0v) is 23.1. The van der Waals surface area contributed by atoms with Gasteiger partial charge in [0.05, 0.1) is 6.20 Å². The van der Waals surface area contributed by atoms with E-state index < -0.39 is 11.6 Å². The maximum atomic E-state index is 13.4. The fourth-order valence-corrected chi connectivity index (χ4v) is 5.54. The van der Waals surface area contributed by atoms with E-state index in [0.717, 1.165) is 44.1 Å². The van der Waals surface area contributed by atoms with Gasteiger partial charge in [-0.05, 0) is 64.9 Å². The van der Waals surface area contributed by atoms with Gasteiger partial charge in [0.2, 0.25) is 0 Å². The van der Waals surface area contributed by atoms with Crippen LogP contribution in [-0.4, -0.2) is 55.6 Å². The Balaban J connectivity index is 1.37. The molecule has 0 spiro atoms. The van der Waals surface area contributed by atoms with Crippen LogP contribution >= 0.6 is 0 Å². The number of carbonyl (C=O) groups is 2. The molecule has 0 unspecified atom stereocenters. The quantitative estimate of drug-likeness (QED) is 0.428. The van der Waals surface area contributed by atoms with E-state index in [9.17, 15) is 9.59 Å². The topological polar surface area (TPSA) is 96.7 Å². The maximum Gasteiger partial charge on any atom is 0.410 e. The second-order valence-corrected chi connectivity index (χ2v) is 11.6. The standard InChI is InChI=1S/C30H42N4O4/c1-5-23(15-21-9-7-6-8-10-21)26-16-27(26)34(29(37)38-30(2,3)4)25-13-11-24(12-14-25)31-17-22-18-32-33(19-22)20-28(35)36/h6-10,15,18-19,24-27,31H,5,11-14,16-17,20H2,1-4H3,(H,35,36)/t24?,25?,26-,27+/m0/s1. The minimum atomic E-state index is -0.903. The number of rotatable bonds is 10. The SMILES string of the molecule is CCC(=Cc1ccccc1)[C@@H]1C[C@H]1N(C(=O)OC(C)(C)C)C1CCC(NCc2cnn(CC(=O)O)c2)CC1. The van der Waals surface area contributed by atoms with E-state index in [1.165, 1.54) is 15.8 Å². The average molecular weight is 523 g/mol. The molecular weight excluding hydrogens is 480 g/mol. The van der Waals surface area contributed by atoms with Crippen LogP contribution in [0.3, 0.4) is 0 Å². The molecule has 2 fully saturated rings.